The molecule has 0 fully saturated rings. The van der Waals surface area contributed by atoms with Crippen molar-refractivity contribution in [3.05, 3.63) is 64.5 Å². The standard InChI is InChI=1S/C35H42F6O7/c1-8-22-11-9-10-12-25(22)26-19-23-13-14-24(20-28(23)46-29(26)42)44-17-15-33(36,37)47-35(40,41)48-34(38,39)16-18-45-30(43)27(32(5,6)7)21-31(2,3)4/h9-14,19-20,27H,8,15-18,21H2,1-7H3. The van der Waals surface area contributed by atoms with Gasteiger partial charge in [0, 0.05) is 11.5 Å². The monoisotopic (exact) mass is 688 g/mol. The number of halogens is 6. The lowest BCUT2D eigenvalue weighted by atomic mass is 9.72. The normalized spacial score (nSPS) is 13.9. The Hall–Kier alpha value is -3.58. The van der Waals surface area contributed by atoms with Gasteiger partial charge < -0.3 is 13.9 Å². The zero-order chi connectivity index (χ0) is 36.1. The summed E-state index contributed by atoms with van der Waals surface area (Å²) in [5.74, 6) is -1.49. The molecule has 1 atom stereocenters. The molecule has 0 amide bonds. The van der Waals surface area contributed by atoms with Crippen molar-refractivity contribution >= 4 is 16.9 Å². The second-order valence-electron chi connectivity index (χ2n) is 13.8. The number of carbonyl (C=O) groups is 1. The first-order chi connectivity index (χ1) is 22.0. The maximum Gasteiger partial charge on any atom is 0.494 e. The quantitative estimate of drug-likeness (QED) is 0.0681. The Balaban J connectivity index is 1.55. The van der Waals surface area contributed by atoms with Gasteiger partial charge in [-0.25, -0.2) is 14.3 Å². The Kier molecular flexibility index (Phi) is 12.1. The number of esters is 1. The third-order valence-electron chi connectivity index (χ3n) is 7.38. The van der Waals surface area contributed by atoms with E-state index in [2.05, 4.69) is 9.47 Å². The Bertz CT molecular complexity index is 1610. The van der Waals surface area contributed by atoms with Gasteiger partial charge in [0.25, 0.3) is 0 Å². The van der Waals surface area contributed by atoms with Gasteiger partial charge in [-0.15, -0.1) is 8.78 Å². The Morgan fingerprint density at radius 2 is 1.42 bits per heavy atom. The molecule has 0 spiro atoms. The van der Waals surface area contributed by atoms with E-state index in [1.807, 2.05) is 39.8 Å². The van der Waals surface area contributed by atoms with Crippen LogP contribution in [0.4, 0.5) is 26.3 Å². The molecule has 3 aromatic rings. The van der Waals surface area contributed by atoms with Gasteiger partial charge in [-0.3, -0.25) is 4.79 Å². The van der Waals surface area contributed by atoms with Crippen molar-refractivity contribution in [2.75, 3.05) is 13.2 Å². The average Bonchev–Trinajstić information content (AvgIpc) is 2.93. The molecule has 0 saturated heterocycles. The topological polar surface area (TPSA) is 84.2 Å². The summed E-state index contributed by atoms with van der Waals surface area (Å²) in [6.45, 7) is 11.0. The highest BCUT2D eigenvalue weighted by Gasteiger charge is 2.52. The molecule has 0 bridgehead atoms. The van der Waals surface area contributed by atoms with Crippen LogP contribution in [0.2, 0.25) is 0 Å². The Morgan fingerprint density at radius 3 is 2.00 bits per heavy atom. The fraction of sp³-hybridized carbons (Fsp3) is 0.543. The number of alkyl halides is 6. The summed E-state index contributed by atoms with van der Waals surface area (Å²) in [5.41, 5.74) is 0.579. The van der Waals surface area contributed by atoms with E-state index in [9.17, 15) is 35.9 Å². The van der Waals surface area contributed by atoms with Crippen LogP contribution in [0.5, 0.6) is 5.75 Å². The molecule has 266 valence electrons. The van der Waals surface area contributed by atoms with E-state index in [1.54, 1.807) is 39.0 Å². The van der Waals surface area contributed by atoms with Crippen molar-refractivity contribution in [3.8, 4) is 16.9 Å². The fourth-order valence-electron chi connectivity index (χ4n) is 4.95. The largest absolute Gasteiger partial charge is 0.494 e. The summed E-state index contributed by atoms with van der Waals surface area (Å²) in [7, 11) is 0. The van der Waals surface area contributed by atoms with E-state index in [0.29, 0.717) is 29.4 Å². The van der Waals surface area contributed by atoms with Gasteiger partial charge in [0.2, 0.25) is 0 Å². The molecule has 0 aliphatic rings. The van der Waals surface area contributed by atoms with Gasteiger partial charge in [-0.1, -0.05) is 72.7 Å². The van der Waals surface area contributed by atoms with Crippen LogP contribution >= 0.6 is 0 Å². The summed E-state index contributed by atoms with van der Waals surface area (Å²) in [6, 6.07) is 13.1. The number of carbonyl (C=O) groups excluding carboxylic acids is 1. The first-order valence-electron chi connectivity index (χ1n) is 15.5. The van der Waals surface area contributed by atoms with Crippen molar-refractivity contribution in [2.45, 2.75) is 92.7 Å². The number of rotatable bonds is 15. The highest BCUT2D eigenvalue weighted by atomic mass is 19.3. The lowest BCUT2D eigenvalue weighted by Crippen LogP contribution is -2.41. The van der Waals surface area contributed by atoms with Gasteiger partial charge in [0.1, 0.15) is 11.3 Å². The number of hydrogen-bond acceptors (Lipinski definition) is 7. The third kappa shape index (κ3) is 11.5. The van der Waals surface area contributed by atoms with Crippen LogP contribution in [0, 0.1) is 16.7 Å². The summed E-state index contributed by atoms with van der Waals surface area (Å²) in [6.07, 6.45) is -16.7. The maximum absolute atomic E-state index is 14.2. The van der Waals surface area contributed by atoms with Crippen LogP contribution in [0.15, 0.2) is 57.7 Å². The fourth-order valence-corrected chi connectivity index (χ4v) is 4.95. The number of benzene rings is 2. The first kappa shape index (κ1) is 38.9. The minimum atomic E-state index is -5.41. The van der Waals surface area contributed by atoms with E-state index in [4.69, 9.17) is 13.9 Å². The van der Waals surface area contributed by atoms with E-state index in [-0.39, 0.29) is 16.7 Å². The molecule has 0 aliphatic carbocycles. The second kappa shape index (κ2) is 14.9. The number of hydrogen-bond donors (Lipinski definition) is 0. The highest BCUT2D eigenvalue weighted by Crippen LogP contribution is 2.38. The number of fused-ring (bicyclic) bond motifs is 1. The smallest absolute Gasteiger partial charge is 0.493 e. The predicted octanol–water partition coefficient (Wildman–Crippen LogP) is 9.59. The summed E-state index contributed by atoms with van der Waals surface area (Å²) in [5, 5.41) is 0.517. The SMILES string of the molecule is CCc1ccccc1-c1cc2ccc(OCCC(F)(F)OC(F)(F)OC(F)(F)CCOC(=O)C(CC(C)(C)C)C(C)(C)C)cc2oc1=O. The van der Waals surface area contributed by atoms with E-state index >= 15 is 0 Å². The molecule has 0 aliphatic heterocycles. The second-order valence-corrected chi connectivity index (χ2v) is 13.8. The minimum Gasteiger partial charge on any atom is -0.493 e. The molecular formula is C35H42F6O7. The molecular weight excluding hydrogens is 646 g/mol. The number of ether oxygens (including phenoxy) is 4. The zero-order valence-electron chi connectivity index (χ0n) is 28.1. The lowest BCUT2D eigenvalue weighted by molar-refractivity contribution is -0.514. The summed E-state index contributed by atoms with van der Waals surface area (Å²) in [4.78, 5) is 25.3. The van der Waals surface area contributed by atoms with Crippen molar-refractivity contribution in [1.82, 2.24) is 0 Å². The maximum atomic E-state index is 14.2. The highest BCUT2D eigenvalue weighted by molar-refractivity contribution is 5.83. The molecule has 1 unspecified atom stereocenters. The molecule has 1 heterocycles. The van der Waals surface area contributed by atoms with E-state index in [1.165, 1.54) is 18.2 Å². The molecule has 48 heavy (non-hydrogen) atoms. The zero-order valence-corrected chi connectivity index (χ0v) is 28.1. The molecule has 0 N–H and O–H groups in total. The molecule has 0 saturated carbocycles. The lowest BCUT2D eigenvalue weighted by Gasteiger charge is -2.34. The van der Waals surface area contributed by atoms with Gasteiger partial charge in [-0.2, -0.15) is 17.6 Å². The number of aryl methyl sites for hydroxylation is 1. The Morgan fingerprint density at radius 1 is 0.812 bits per heavy atom. The van der Waals surface area contributed by atoms with Gasteiger partial charge in [0.05, 0.1) is 37.5 Å². The van der Waals surface area contributed by atoms with Crippen molar-refractivity contribution < 1.29 is 54.5 Å². The predicted molar refractivity (Wildman–Crippen MR) is 167 cm³/mol. The minimum absolute atomic E-state index is 0.0246. The van der Waals surface area contributed by atoms with Crippen molar-refractivity contribution in [2.24, 2.45) is 16.7 Å². The first-order valence-corrected chi connectivity index (χ1v) is 15.5. The molecule has 2 aromatic carbocycles. The van der Waals surface area contributed by atoms with Crippen LogP contribution in [0.1, 0.15) is 73.3 Å². The molecule has 3 rings (SSSR count). The van der Waals surface area contributed by atoms with Gasteiger partial charge >= 0.3 is 30.1 Å². The molecule has 1 aromatic heterocycles. The summed E-state index contributed by atoms with van der Waals surface area (Å²) < 4.78 is 107. The summed E-state index contributed by atoms with van der Waals surface area (Å²) >= 11 is 0. The van der Waals surface area contributed by atoms with Crippen LogP contribution in [-0.4, -0.2) is 37.7 Å². The van der Waals surface area contributed by atoms with Crippen molar-refractivity contribution in [1.29, 1.82) is 0 Å². The average molecular weight is 689 g/mol. The van der Waals surface area contributed by atoms with E-state index in [0.717, 1.165) is 5.56 Å². The Labute approximate surface area is 275 Å². The van der Waals surface area contributed by atoms with Crippen LogP contribution < -0.4 is 10.4 Å². The van der Waals surface area contributed by atoms with Gasteiger partial charge in [0.15, 0.2) is 0 Å². The van der Waals surface area contributed by atoms with Crippen LogP contribution in [0.25, 0.3) is 22.1 Å². The molecule has 0 radical (unpaired) electrons. The van der Waals surface area contributed by atoms with E-state index < -0.39 is 67.5 Å². The van der Waals surface area contributed by atoms with Gasteiger partial charge in [-0.05, 0) is 53.0 Å². The third-order valence-corrected chi connectivity index (χ3v) is 7.38. The molecule has 13 heteroatoms. The molecule has 7 nitrogen and oxygen atoms in total. The van der Waals surface area contributed by atoms with Crippen molar-refractivity contribution in [3.63, 3.8) is 0 Å². The van der Waals surface area contributed by atoms with Crippen LogP contribution in [-0.2, 0) is 25.4 Å². The van der Waals surface area contributed by atoms with Crippen LogP contribution in [0.3, 0.4) is 0 Å².